The number of imidazole rings is 1. The Morgan fingerprint density at radius 2 is 2.24 bits per heavy atom. The Morgan fingerprint density at radius 3 is 2.90 bits per heavy atom. The summed E-state index contributed by atoms with van der Waals surface area (Å²) in [5.74, 6) is 0.601. The van der Waals surface area contributed by atoms with E-state index in [-0.39, 0.29) is 18.2 Å². The van der Waals surface area contributed by atoms with Crippen LogP contribution in [0.2, 0.25) is 0 Å². The smallest absolute Gasteiger partial charge is 0.259 e. The number of benzene rings is 1. The van der Waals surface area contributed by atoms with E-state index in [9.17, 15) is 8.42 Å². The van der Waals surface area contributed by atoms with E-state index in [4.69, 9.17) is 10.5 Å². The molecule has 0 aliphatic carbocycles. The van der Waals surface area contributed by atoms with Crippen LogP contribution in [0.5, 0.6) is 5.75 Å². The fraction of sp³-hybridized carbons (Fsp3) is 0.308. The van der Waals surface area contributed by atoms with Gasteiger partial charge in [0, 0.05) is 31.0 Å². The lowest BCUT2D eigenvalue weighted by Gasteiger charge is -2.07. The lowest BCUT2D eigenvalue weighted by molar-refractivity contribution is 0.323. The van der Waals surface area contributed by atoms with Crippen molar-refractivity contribution >= 4 is 15.7 Å². The number of sulfonamides is 1. The number of nitrogen functional groups attached to an aromatic ring is 1. The number of anilines is 1. The van der Waals surface area contributed by atoms with E-state index >= 15 is 0 Å². The lowest BCUT2D eigenvalue weighted by Crippen LogP contribution is -2.28. The van der Waals surface area contributed by atoms with Gasteiger partial charge >= 0.3 is 0 Å². The second-order valence-corrected chi connectivity index (χ2v) is 6.07. The van der Waals surface area contributed by atoms with Crippen LogP contribution in [0, 0.1) is 0 Å². The molecule has 0 saturated carbocycles. The predicted molar refractivity (Wildman–Crippen MR) is 79.4 cm³/mol. The maximum absolute atomic E-state index is 12.0. The number of aryl methyl sites for hydroxylation is 1. The average molecular weight is 310 g/mol. The molecule has 2 rings (SSSR count). The van der Waals surface area contributed by atoms with Gasteiger partial charge < -0.3 is 15.0 Å². The predicted octanol–water partition coefficient (Wildman–Crippen LogP) is 0.842. The van der Waals surface area contributed by atoms with Gasteiger partial charge in [-0.05, 0) is 19.1 Å². The highest BCUT2D eigenvalue weighted by atomic mass is 32.2. The van der Waals surface area contributed by atoms with Crippen molar-refractivity contribution in [2.75, 3.05) is 18.9 Å². The van der Waals surface area contributed by atoms with E-state index in [1.54, 1.807) is 28.8 Å². The molecule has 0 atom stereocenters. The van der Waals surface area contributed by atoms with Crippen molar-refractivity contribution in [3.05, 3.63) is 36.8 Å². The Balaban J connectivity index is 1.85. The van der Waals surface area contributed by atoms with Crippen molar-refractivity contribution in [3.8, 4) is 5.75 Å². The summed E-state index contributed by atoms with van der Waals surface area (Å²) >= 11 is 0. The fourth-order valence-electron chi connectivity index (χ4n) is 1.67. The van der Waals surface area contributed by atoms with Crippen LogP contribution in [0.25, 0.3) is 0 Å². The molecule has 8 heteroatoms. The van der Waals surface area contributed by atoms with Crippen LogP contribution in [0.4, 0.5) is 5.69 Å². The first-order valence-corrected chi connectivity index (χ1v) is 7.99. The van der Waals surface area contributed by atoms with Crippen molar-refractivity contribution < 1.29 is 13.2 Å². The number of nitrogens with two attached hydrogens (primary N) is 1. The first-order valence-electron chi connectivity index (χ1n) is 6.51. The maximum atomic E-state index is 12.0. The van der Waals surface area contributed by atoms with Crippen LogP contribution < -0.4 is 15.2 Å². The van der Waals surface area contributed by atoms with E-state index in [0.29, 0.717) is 18.0 Å². The van der Waals surface area contributed by atoms with Crippen molar-refractivity contribution in [3.63, 3.8) is 0 Å². The van der Waals surface area contributed by atoms with Crippen molar-refractivity contribution in [2.45, 2.75) is 18.5 Å². The average Bonchev–Trinajstić information content (AvgIpc) is 2.93. The second kappa shape index (κ2) is 6.59. The third-order valence-corrected chi connectivity index (χ3v) is 4.12. The molecule has 21 heavy (non-hydrogen) atoms. The highest BCUT2D eigenvalue weighted by molar-refractivity contribution is 7.89. The standard InChI is InChI=1S/C13H18N4O3S/c1-2-17-9-13(15-10-17)21(18,19)16-6-7-20-12-5-3-4-11(14)8-12/h3-5,8-10,16H,2,6-7,14H2,1H3. The van der Waals surface area contributed by atoms with E-state index in [2.05, 4.69) is 9.71 Å². The maximum Gasteiger partial charge on any atom is 0.259 e. The second-order valence-electron chi connectivity index (χ2n) is 4.36. The Morgan fingerprint density at radius 1 is 1.43 bits per heavy atom. The summed E-state index contributed by atoms with van der Waals surface area (Å²) in [5, 5.41) is 0.00769. The van der Waals surface area contributed by atoms with Gasteiger partial charge in [-0.15, -0.1) is 0 Å². The van der Waals surface area contributed by atoms with Gasteiger partial charge in [0.15, 0.2) is 5.03 Å². The summed E-state index contributed by atoms with van der Waals surface area (Å²) in [7, 11) is -3.60. The quantitative estimate of drug-likeness (QED) is 0.583. The Bertz CT molecular complexity index is 697. The topological polar surface area (TPSA) is 99.2 Å². The minimum atomic E-state index is -3.60. The summed E-state index contributed by atoms with van der Waals surface area (Å²) in [4.78, 5) is 3.86. The molecule has 1 aromatic heterocycles. The number of rotatable bonds is 7. The number of hydrogen-bond acceptors (Lipinski definition) is 5. The van der Waals surface area contributed by atoms with Gasteiger partial charge in [0.1, 0.15) is 12.4 Å². The summed E-state index contributed by atoms with van der Waals surface area (Å²) in [5.41, 5.74) is 6.22. The van der Waals surface area contributed by atoms with Gasteiger partial charge in [0.05, 0.1) is 6.33 Å². The number of ether oxygens (including phenoxy) is 1. The minimum absolute atomic E-state index is 0.00769. The summed E-state index contributed by atoms with van der Waals surface area (Å²) in [6.07, 6.45) is 2.97. The molecule has 0 saturated heterocycles. The molecule has 0 spiro atoms. The third kappa shape index (κ3) is 4.20. The number of hydrogen-bond donors (Lipinski definition) is 2. The molecule has 0 unspecified atom stereocenters. The Hall–Kier alpha value is -2.06. The summed E-state index contributed by atoms with van der Waals surface area (Å²) in [6, 6.07) is 6.96. The first kappa shape index (κ1) is 15.3. The van der Waals surface area contributed by atoms with Crippen LogP contribution in [-0.4, -0.2) is 31.1 Å². The van der Waals surface area contributed by atoms with Crippen LogP contribution in [0.3, 0.4) is 0 Å². The van der Waals surface area contributed by atoms with Crippen molar-refractivity contribution in [2.24, 2.45) is 0 Å². The molecule has 3 N–H and O–H groups in total. The number of aromatic nitrogens is 2. The molecule has 0 fully saturated rings. The Kier molecular flexibility index (Phi) is 4.81. The van der Waals surface area contributed by atoms with Crippen molar-refractivity contribution in [1.29, 1.82) is 0 Å². The lowest BCUT2D eigenvalue weighted by atomic mass is 10.3. The van der Waals surface area contributed by atoms with Gasteiger partial charge in [-0.25, -0.2) is 18.1 Å². The highest BCUT2D eigenvalue weighted by Gasteiger charge is 2.16. The van der Waals surface area contributed by atoms with Gasteiger partial charge in [0.2, 0.25) is 0 Å². The highest BCUT2D eigenvalue weighted by Crippen LogP contribution is 2.14. The fourth-order valence-corrected chi connectivity index (χ4v) is 2.63. The molecule has 1 aromatic carbocycles. The molecular formula is C13H18N4O3S. The molecule has 0 aliphatic rings. The zero-order valence-corrected chi connectivity index (χ0v) is 12.5. The first-order chi connectivity index (χ1) is 10.0. The van der Waals surface area contributed by atoms with E-state index < -0.39 is 10.0 Å². The largest absolute Gasteiger partial charge is 0.492 e. The normalized spacial score (nSPS) is 11.5. The Labute approximate surface area is 123 Å². The zero-order chi connectivity index (χ0) is 15.3. The summed E-state index contributed by atoms with van der Waals surface area (Å²) in [6.45, 7) is 2.93. The molecule has 0 bridgehead atoms. The molecule has 7 nitrogen and oxygen atoms in total. The number of nitrogens with one attached hydrogen (secondary N) is 1. The number of nitrogens with zero attached hydrogens (tertiary/aromatic N) is 2. The van der Waals surface area contributed by atoms with E-state index in [0.717, 1.165) is 0 Å². The molecule has 0 aliphatic heterocycles. The molecule has 0 radical (unpaired) electrons. The molecule has 114 valence electrons. The molecule has 2 aromatic rings. The van der Waals surface area contributed by atoms with Crippen LogP contribution >= 0.6 is 0 Å². The van der Waals surface area contributed by atoms with Crippen LogP contribution in [0.15, 0.2) is 41.8 Å². The molecule has 0 amide bonds. The van der Waals surface area contributed by atoms with Crippen molar-refractivity contribution in [1.82, 2.24) is 14.3 Å². The van der Waals surface area contributed by atoms with Gasteiger partial charge in [-0.3, -0.25) is 0 Å². The van der Waals surface area contributed by atoms with E-state index in [1.165, 1.54) is 12.5 Å². The summed E-state index contributed by atoms with van der Waals surface area (Å²) < 4.78 is 33.5. The van der Waals surface area contributed by atoms with Gasteiger partial charge in [0.25, 0.3) is 10.0 Å². The monoisotopic (exact) mass is 310 g/mol. The molecular weight excluding hydrogens is 292 g/mol. The van der Waals surface area contributed by atoms with Crippen LogP contribution in [-0.2, 0) is 16.6 Å². The van der Waals surface area contributed by atoms with Crippen LogP contribution in [0.1, 0.15) is 6.92 Å². The zero-order valence-electron chi connectivity index (χ0n) is 11.7. The third-order valence-electron chi connectivity index (χ3n) is 2.77. The molecule has 1 heterocycles. The minimum Gasteiger partial charge on any atom is -0.492 e. The van der Waals surface area contributed by atoms with Gasteiger partial charge in [-0.2, -0.15) is 0 Å². The van der Waals surface area contributed by atoms with Gasteiger partial charge in [-0.1, -0.05) is 6.07 Å². The SMILES string of the molecule is CCn1cnc(S(=O)(=O)NCCOc2cccc(N)c2)c1. The van der Waals surface area contributed by atoms with E-state index in [1.807, 2.05) is 6.92 Å².